The first-order valence-corrected chi connectivity index (χ1v) is 9.31. The van der Waals surface area contributed by atoms with Crippen LogP contribution in [0.2, 0.25) is 0 Å². The SMILES string of the molecule is Cc1cc(C)c(C(=O)C(C(=O)OC(C)C)c2ccccc2)c(C)c1C.O=[PH2+]. The Bertz CT molecular complexity index is 813. The van der Waals surface area contributed by atoms with Gasteiger partial charge < -0.3 is 4.74 Å². The molecule has 2 unspecified atom stereocenters. The molecule has 2 aromatic carbocycles. The molecule has 0 aliphatic carbocycles. The molecule has 4 nitrogen and oxygen atoms in total. The predicted molar refractivity (Wildman–Crippen MR) is 111 cm³/mol. The normalized spacial score (nSPS) is 11.4. The van der Waals surface area contributed by atoms with E-state index in [1.807, 2.05) is 52.0 Å². The Morgan fingerprint density at radius 2 is 1.44 bits per heavy atom. The molecule has 0 saturated carbocycles. The van der Waals surface area contributed by atoms with Crippen LogP contribution < -0.4 is 0 Å². The monoisotopic (exact) mass is 387 g/mol. The molecule has 0 bridgehead atoms. The number of aryl methyl sites for hydroxylation is 2. The summed E-state index contributed by atoms with van der Waals surface area (Å²) in [6.07, 6.45) is -0.270. The Kier molecular flexibility index (Phi) is 8.52. The highest BCUT2D eigenvalue weighted by Crippen LogP contribution is 2.29. The third-order valence-electron chi connectivity index (χ3n) is 4.59. The van der Waals surface area contributed by atoms with Gasteiger partial charge in [-0.25, -0.2) is 0 Å². The van der Waals surface area contributed by atoms with E-state index in [1.165, 1.54) is 9.12 Å². The van der Waals surface area contributed by atoms with E-state index in [0.29, 0.717) is 11.1 Å². The Morgan fingerprint density at radius 3 is 1.96 bits per heavy atom. The van der Waals surface area contributed by atoms with E-state index in [0.717, 1.165) is 22.3 Å². The van der Waals surface area contributed by atoms with Crippen molar-refractivity contribution in [3.05, 3.63) is 69.8 Å². The molecule has 0 N–H and O–H groups in total. The van der Waals surface area contributed by atoms with Crippen LogP contribution in [-0.4, -0.2) is 17.9 Å². The van der Waals surface area contributed by atoms with Crippen molar-refractivity contribution in [1.82, 2.24) is 0 Å². The summed E-state index contributed by atoms with van der Waals surface area (Å²) in [5, 5.41) is 0. The lowest BCUT2D eigenvalue weighted by atomic mass is 9.84. The van der Waals surface area contributed by atoms with Gasteiger partial charge in [-0.2, -0.15) is 0 Å². The molecule has 0 amide bonds. The molecule has 0 heterocycles. The zero-order valence-electron chi connectivity index (χ0n) is 16.8. The van der Waals surface area contributed by atoms with Crippen LogP contribution in [0.3, 0.4) is 0 Å². The number of Topliss-reactive ketones (excluding diaryl/α,β-unsaturated/α-hetero) is 1. The number of esters is 1. The minimum Gasteiger partial charge on any atom is -0.462 e. The summed E-state index contributed by atoms with van der Waals surface area (Å²) in [7, 11) is 1.17. The minimum atomic E-state index is -0.942. The van der Waals surface area contributed by atoms with E-state index in [9.17, 15) is 9.59 Å². The first-order chi connectivity index (χ1) is 12.7. The fourth-order valence-corrected chi connectivity index (χ4v) is 3.15. The van der Waals surface area contributed by atoms with Gasteiger partial charge in [0.1, 0.15) is 5.92 Å². The third kappa shape index (κ3) is 5.33. The third-order valence-corrected chi connectivity index (χ3v) is 4.59. The minimum absolute atomic E-state index is 0.199. The lowest BCUT2D eigenvalue weighted by Crippen LogP contribution is -2.27. The molecule has 2 atom stereocenters. The van der Waals surface area contributed by atoms with Gasteiger partial charge in [-0.05, 0) is 69.4 Å². The summed E-state index contributed by atoms with van der Waals surface area (Å²) in [6.45, 7) is 11.5. The van der Waals surface area contributed by atoms with Crippen LogP contribution >= 0.6 is 9.12 Å². The van der Waals surface area contributed by atoms with Crippen LogP contribution in [0, 0.1) is 27.7 Å². The van der Waals surface area contributed by atoms with E-state index in [2.05, 4.69) is 0 Å². The number of hydrogen-bond acceptors (Lipinski definition) is 4. The van der Waals surface area contributed by atoms with Gasteiger partial charge in [0.2, 0.25) is 0 Å². The van der Waals surface area contributed by atoms with E-state index >= 15 is 0 Å². The lowest BCUT2D eigenvalue weighted by Gasteiger charge is -2.21. The van der Waals surface area contributed by atoms with E-state index in [4.69, 9.17) is 9.30 Å². The molecule has 0 aliphatic heterocycles. The molecule has 0 aliphatic rings. The molecule has 2 aromatic rings. The van der Waals surface area contributed by atoms with Crippen molar-refractivity contribution in [3.63, 3.8) is 0 Å². The Hall–Kier alpha value is -2.32. The summed E-state index contributed by atoms with van der Waals surface area (Å²) in [4.78, 5) is 26.1. The predicted octanol–water partition coefficient (Wildman–Crippen LogP) is 5.05. The van der Waals surface area contributed by atoms with Crippen molar-refractivity contribution >= 4 is 20.9 Å². The molecule has 2 rings (SSSR count). The van der Waals surface area contributed by atoms with Crippen molar-refractivity contribution in [2.75, 3.05) is 0 Å². The van der Waals surface area contributed by atoms with Crippen LogP contribution in [0.25, 0.3) is 0 Å². The summed E-state index contributed by atoms with van der Waals surface area (Å²) in [5.74, 6) is -1.64. The van der Waals surface area contributed by atoms with Gasteiger partial charge in [0.25, 0.3) is 0 Å². The highest BCUT2D eigenvalue weighted by molar-refractivity contribution is 7.00. The van der Waals surface area contributed by atoms with Gasteiger partial charge in [-0.15, -0.1) is 0 Å². The van der Waals surface area contributed by atoms with E-state index in [-0.39, 0.29) is 11.9 Å². The van der Waals surface area contributed by atoms with Crippen molar-refractivity contribution in [1.29, 1.82) is 0 Å². The molecular formula is C22H28O4P+. The first-order valence-electron chi connectivity index (χ1n) is 8.84. The average Bonchev–Trinajstić information content (AvgIpc) is 2.62. The van der Waals surface area contributed by atoms with Crippen LogP contribution in [0.15, 0.2) is 36.4 Å². The number of ketones is 1. The second kappa shape index (κ2) is 10.1. The summed E-state index contributed by atoms with van der Waals surface area (Å²) >= 11 is 0. The molecule has 0 aromatic heterocycles. The van der Waals surface area contributed by atoms with Gasteiger partial charge in [0.05, 0.1) is 6.10 Å². The largest absolute Gasteiger partial charge is 0.462 e. The maximum Gasteiger partial charge on any atom is 0.321 e. The smallest absolute Gasteiger partial charge is 0.321 e. The van der Waals surface area contributed by atoms with E-state index < -0.39 is 11.9 Å². The van der Waals surface area contributed by atoms with Gasteiger partial charge in [0, 0.05) is 5.56 Å². The van der Waals surface area contributed by atoms with Crippen molar-refractivity contribution in [2.24, 2.45) is 0 Å². The number of ether oxygens (including phenoxy) is 1. The van der Waals surface area contributed by atoms with E-state index in [1.54, 1.807) is 26.0 Å². The maximum absolute atomic E-state index is 13.4. The Balaban J connectivity index is 0.00000176. The fraction of sp³-hybridized carbons (Fsp3) is 0.364. The second-order valence-corrected chi connectivity index (χ2v) is 6.83. The topological polar surface area (TPSA) is 60.4 Å². The number of hydrogen-bond donors (Lipinski definition) is 0. The molecular weight excluding hydrogens is 359 g/mol. The summed E-state index contributed by atoms with van der Waals surface area (Å²) in [5.41, 5.74) is 5.34. The highest BCUT2D eigenvalue weighted by Gasteiger charge is 2.33. The standard InChI is InChI=1S/C22H26O3.H2OP/c1-13(2)25-22(24)20(18-10-8-7-9-11-18)21(23)19-15(4)12-14(3)16(5)17(19)6;1-2/h7-13,20H,1-6H3;2H2/q;+1. The lowest BCUT2D eigenvalue weighted by molar-refractivity contribution is -0.147. The number of carbonyl (C=O) groups is 2. The molecule has 27 heavy (non-hydrogen) atoms. The first kappa shape index (κ1) is 22.7. The van der Waals surface area contributed by atoms with Crippen LogP contribution in [-0.2, 0) is 14.1 Å². The Morgan fingerprint density at radius 1 is 0.889 bits per heavy atom. The molecule has 0 fully saturated rings. The zero-order valence-corrected chi connectivity index (χ0v) is 18.0. The van der Waals surface area contributed by atoms with Gasteiger partial charge in [-0.1, -0.05) is 41.0 Å². The van der Waals surface area contributed by atoms with Crippen LogP contribution in [0.1, 0.15) is 57.9 Å². The molecule has 5 heteroatoms. The van der Waals surface area contributed by atoms with Gasteiger partial charge in [0.15, 0.2) is 5.78 Å². The summed E-state index contributed by atoms with van der Waals surface area (Å²) in [6, 6.07) is 11.1. The highest BCUT2D eigenvalue weighted by atomic mass is 31.0. The quantitative estimate of drug-likeness (QED) is 0.312. The fourth-order valence-electron chi connectivity index (χ4n) is 3.15. The summed E-state index contributed by atoms with van der Waals surface area (Å²) < 4.78 is 13.6. The molecule has 0 spiro atoms. The van der Waals surface area contributed by atoms with Gasteiger partial charge in [-0.3, -0.25) is 9.59 Å². The molecule has 144 valence electrons. The Labute approximate surface area is 163 Å². The van der Waals surface area contributed by atoms with Crippen LogP contribution in [0.4, 0.5) is 0 Å². The maximum atomic E-state index is 13.4. The van der Waals surface area contributed by atoms with Crippen molar-refractivity contribution in [3.8, 4) is 0 Å². The molecule has 0 saturated heterocycles. The second-order valence-electron chi connectivity index (χ2n) is 6.83. The van der Waals surface area contributed by atoms with Crippen molar-refractivity contribution < 1.29 is 18.9 Å². The number of benzene rings is 2. The van der Waals surface area contributed by atoms with Crippen LogP contribution in [0.5, 0.6) is 0 Å². The average molecular weight is 387 g/mol. The van der Waals surface area contributed by atoms with Gasteiger partial charge >= 0.3 is 15.1 Å². The number of carbonyl (C=O) groups excluding carboxylic acids is 2. The van der Waals surface area contributed by atoms with Crippen molar-refractivity contribution in [2.45, 2.75) is 53.6 Å². The zero-order chi connectivity index (χ0) is 20.7. The molecule has 0 radical (unpaired) electrons. The number of rotatable bonds is 5.